The lowest BCUT2D eigenvalue weighted by atomic mass is 9.96. The number of nitrogens with zero attached hydrogens (tertiary/aromatic N) is 1. The van der Waals surface area contributed by atoms with Gasteiger partial charge in [-0.15, -0.1) is 0 Å². The van der Waals surface area contributed by atoms with Gasteiger partial charge in [-0.25, -0.2) is 4.79 Å². The summed E-state index contributed by atoms with van der Waals surface area (Å²) >= 11 is 0. The summed E-state index contributed by atoms with van der Waals surface area (Å²) < 4.78 is 10.7. The minimum absolute atomic E-state index is 0.0298. The average Bonchev–Trinajstić information content (AvgIpc) is 3.28. The molecular formula is C22H29N3O4. The summed E-state index contributed by atoms with van der Waals surface area (Å²) in [6.07, 6.45) is 3.75. The SMILES string of the molecule is O=C(NCc1ccccc1)C1CCN(C(=O)NCCCOCc2ccco2)CC1. The number of ether oxygens (including phenoxy) is 1. The van der Waals surface area contributed by atoms with E-state index in [1.807, 2.05) is 42.5 Å². The number of urea groups is 1. The maximum atomic E-state index is 12.4. The number of carbonyl (C=O) groups excluding carboxylic acids is 2. The first kappa shape index (κ1) is 20.9. The number of furan rings is 1. The molecule has 0 bridgehead atoms. The molecule has 0 atom stereocenters. The number of nitrogens with one attached hydrogen (secondary N) is 2. The molecule has 3 rings (SSSR count). The Morgan fingerprint density at radius 3 is 2.59 bits per heavy atom. The molecule has 1 saturated heterocycles. The third-order valence-corrected chi connectivity index (χ3v) is 5.03. The molecule has 7 nitrogen and oxygen atoms in total. The second kappa shape index (κ2) is 11.3. The van der Waals surface area contributed by atoms with Crippen molar-refractivity contribution in [2.75, 3.05) is 26.2 Å². The Morgan fingerprint density at radius 2 is 1.86 bits per heavy atom. The van der Waals surface area contributed by atoms with E-state index in [1.165, 1.54) is 0 Å². The minimum Gasteiger partial charge on any atom is -0.467 e. The molecule has 2 N–H and O–H groups in total. The fourth-order valence-corrected chi connectivity index (χ4v) is 3.32. The van der Waals surface area contributed by atoms with Gasteiger partial charge in [-0.05, 0) is 37.0 Å². The molecule has 1 aromatic carbocycles. The normalized spacial score (nSPS) is 14.6. The van der Waals surface area contributed by atoms with Crippen molar-refractivity contribution in [3.05, 3.63) is 60.1 Å². The molecule has 1 aliphatic rings. The molecule has 3 amide bonds. The molecule has 0 spiro atoms. The smallest absolute Gasteiger partial charge is 0.317 e. The highest BCUT2D eigenvalue weighted by molar-refractivity contribution is 5.79. The lowest BCUT2D eigenvalue weighted by Crippen LogP contribution is -2.47. The number of carbonyl (C=O) groups is 2. The van der Waals surface area contributed by atoms with Crippen LogP contribution in [0.4, 0.5) is 4.79 Å². The Kier molecular flexibility index (Phi) is 8.12. The Hall–Kier alpha value is -2.80. The van der Waals surface area contributed by atoms with Crippen LogP contribution in [0.2, 0.25) is 0 Å². The van der Waals surface area contributed by atoms with E-state index in [2.05, 4.69) is 10.6 Å². The first-order chi connectivity index (χ1) is 14.2. The molecule has 0 unspecified atom stereocenters. The third kappa shape index (κ3) is 6.94. The summed E-state index contributed by atoms with van der Waals surface area (Å²) in [5, 5.41) is 5.92. The highest BCUT2D eigenvalue weighted by Gasteiger charge is 2.26. The number of rotatable bonds is 9. The van der Waals surface area contributed by atoms with E-state index < -0.39 is 0 Å². The van der Waals surface area contributed by atoms with Gasteiger partial charge in [0.25, 0.3) is 0 Å². The van der Waals surface area contributed by atoms with Crippen molar-refractivity contribution in [3.8, 4) is 0 Å². The van der Waals surface area contributed by atoms with Crippen LogP contribution in [0.15, 0.2) is 53.1 Å². The first-order valence-corrected chi connectivity index (χ1v) is 10.2. The van der Waals surface area contributed by atoms with Crippen LogP contribution >= 0.6 is 0 Å². The predicted molar refractivity (Wildman–Crippen MR) is 109 cm³/mol. The summed E-state index contributed by atoms with van der Waals surface area (Å²) in [7, 11) is 0. The van der Waals surface area contributed by atoms with Crippen molar-refractivity contribution in [1.29, 1.82) is 0 Å². The van der Waals surface area contributed by atoms with Crippen molar-refractivity contribution in [1.82, 2.24) is 15.5 Å². The van der Waals surface area contributed by atoms with Crippen LogP contribution in [0.5, 0.6) is 0 Å². The number of hydrogen-bond donors (Lipinski definition) is 2. The van der Waals surface area contributed by atoms with Gasteiger partial charge in [-0.2, -0.15) is 0 Å². The lowest BCUT2D eigenvalue weighted by Gasteiger charge is -2.31. The number of hydrogen-bond acceptors (Lipinski definition) is 4. The van der Waals surface area contributed by atoms with Crippen LogP contribution in [0, 0.1) is 5.92 Å². The predicted octanol–water partition coefficient (Wildman–Crippen LogP) is 2.92. The summed E-state index contributed by atoms with van der Waals surface area (Å²) in [4.78, 5) is 26.4. The minimum atomic E-state index is -0.0702. The number of piperidine rings is 1. The zero-order chi connectivity index (χ0) is 20.3. The maximum absolute atomic E-state index is 12.4. The van der Waals surface area contributed by atoms with Gasteiger partial charge in [0, 0.05) is 38.7 Å². The molecule has 7 heteroatoms. The van der Waals surface area contributed by atoms with Crippen molar-refractivity contribution in [3.63, 3.8) is 0 Å². The summed E-state index contributed by atoms with van der Waals surface area (Å²) in [6.45, 7) is 3.32. The van der Waals surface area contributed by atoms with E-state index in [0.29, 0.717) is 52.2 Å². The second-order valence-electron chi connectivity index (χ2n) is 7.18. The summed E-state index contributed by atoms with van der Waals surface area (Å²) in [5.74, 6) is 0.838. The number of amides is 3. The standard InChI is InChI=1S/C22H29N3O4/c26-21(24-16-18-6-2-1-3-7-18)19-9-12-25(13-10-19)22(27)23-11-5-14-28-17-20-8-4-15-29-20/h1-4,6-8,15,19H,5,9-14,16-17H2,(H,23,27)(H,24,26). The summed E-state index contributed by atoms with van der Waals surface area (Å²) in [6, 6.07) is 13.5. The van der Waals surface area contributed by atoms with Crippen molar-refractivity contribution < 1.29 is 18.7 Å². The van der Waals surface area contributed by atoms with E-state index in [9.17, 15) is 9.59 Å². The van der Waals surface area contributed by atoms with Gasteiger partial charge >= 0.3 is 6.03 Å². The van der Waals surface area contributed by atoms with E-state index in [1.54, 1.807) is 11.2 Å². The zero-order valence-electron chi connectivity index (χ0n) is 16.6. The van der Waals surface area contributed by atoms with Crippen LogP contribution in [0.1, 0.15) is 30.6 Å². The van der Waals surface area contributed by atoms with Crippen LogP contribution in [-0.4, -0.2) is 43.1 Å². The van der Waals surface area contributed by atoms with Crippen molar-refractivity contribution in [2.24, 2.45) is 5.92 Å². The van der Waals surface area contributed by atoms with Gasteiger partial charge in [0.1, 0.15) is 12.4 Å². The van der Waals surface area contributed by atoms with E-state index in [4.69, 9.17) is 9.15 Å². The monoisotopic (exact) mass is 399 g/mol. The van der Waals surface area contributed by atoms with Gasteiger partial charge in [0.15, 0.2) is 0 Å². The van der Waals surface area contributed by atoms with E-state index in [-0.39, 0.29) is 17.9 Å². The quantitative estimate of drug-likeness (QED) is 0.635. The molecule has 0 saturated carbocycles. The molecule has 1 fully saturated rings. The second-order valence-corrected chi connectivity index (χ2v) is 7.18. The van der Waals surface area contributed by atoms with Crippen LogP contribution in [-0.2, 0) is 22.7 Å². The highest BCUT2D eigenvalue weighted by atomic mass is 16.5. The molecule has 0 radical (unpaired) electrons. The molecule has 1 aromatic heterocycles. The molecule has 2 aromatic rings. The Bertz CT molecular complexity index is 741. The van der Waals surface area contributed by atoms with Crippen LogP contribution < -0.4 is 10.6 Å². The first-order valence-electron chi connectivity index (χ1n) is 10.2. The largest absolute Gasteiger partial charge is 0.467 e. The van der Waals surface area contributed by atoms with Crippen molar-refractivity contribution in [2.45, 2.75) is 32.4 Å². The summed E-state index contributed by atoms with van der Waals surface area (Å²) in [5.41, 5.74) is 1.09. The zero-order valence-corrected chi connectivity index (χ0v) is 16.6. The molecule has 0 aliphatic carbocycles. The number of likely N-dealkylation sites (tertiary alicyclic amines) is 1. The maximum Gasteiger partial charge on any atom is 0.317 e. The van der Waals surface area contributed by atoms with E-state index >= 15 is 0 Å². The van der Waals surface area contributed by atoms with E-state index in [0.717, 1.165) is 17.7 Å². The Morgan fingerprint density at radius 1 is 1.07 bits per heavy atom. The number of benzene rings is 1. The van der Waals surface area contributed by atoms with Gasteiger partial charge in [-0.1, -0.05) is 30.3 Å². The fraction of sp³-hybridized carbons (Fsp3) is 0.455. The van der Waals surface area contributed by atoms with Crippen LogP contribution in [0.25, 0.3) is 0 Å². The lowest BCUT2D eigenvalue weighted by molar-refractivity contribution is -0.126. The molecule has 2 heterocycles. The van der Waals surface area contributed by atoms with Gasteiger partial charge in [0.05, 0.1) is 6.26 Å². The average molecular weight is 399 g/mol. The third-order valence-electron chi connectivity index (χ3n) is 5.03. The van der Waals surface area contributed by atoms with Crippen molar-refractivity contribution >= 4 is 11.9 Å². The van der Waals surface area contributed by atoms with Gasteiger partial charge in [-0.3, -0.25) is 4.79 Å². The van der Waals surface area contributed by atoms with Gasteiger partial charge in [0.2, 0.25) is 5.91 Å². The topological polar surface area (TPSA) is 83.8 Å². The molecular weight excluding hydrogens is 370 g/mol. The highest BCUT2D eigenvalue weighted by Crippen LogP contribution is 2.17. The Balaban J connectivity index is 1.25. The fourth-order valence-electron chi connectivity index (χ4n) is 3.32. The molecule has 156 valence electrons. The molecule has 29 heavy (non-hydrogen) atoms. The van der Waals surface area contributed by atoms with Gasteiger partial charge < -0.3 is 24.7 Å². The molecule has 1 aliphatic heterocycles. The Labute approximate surface area is 171 Å². The van der Waals surface area contributed by atoms with Crippen LogP contribution in [0.3, 0.4) is 0 Å².